The maximum atomic E-state index is 11.4. The summed E-state index contributed by atoms with van der Waals surface area (Å²) in [7, 11) is 0. The predicted molar refractivity (Wildman–Crippen MR) is 75.5 cm³/mol. The van der Waals surface area contributed by atoms with Crippen molar-refractivity contribution in [3.05, 3.63) is 34.9 Å². The molecule has 1 aromatic rings. The van der Waals surface area contributed by atoms with Crippen molar-refractivity contribution in [1.29, 1.82) is 0 Å². The van der Waals surface area contributed by atoms with Crippen LogP contribution < -0.4 is 5.32 Å². The third-order valence-electron chi connectivity index (χ3n) is 2.30. The molecule has 0 atom stereocenters. The van der Waals surface area contributed by atoms with Crippen LogP contribution in [0.1, 0.15) is 25.3 Å². The maximum Gasteiger partial charge on any atom is 0.230 e. The Bertz CT molecular complexity index is 357. The fourth-order valence-corrected chi connectivity index (χ4v) is 2.47. The topological polar surface area (TPSA) is 29.1 Å². The number of rotatable bonds is 7. The highest BCUT2D eigenvalue weighted by molar-refractivity contribution is 7.99. The lowest BCUT2D eigenvalue weighted by Gasteiger charge is -2.05. The molecule has 0 unspecified atom stereocenters. The molecule has 4 heteroatoms. The first-order chi connectivity index (χ1) is 8.24. The number of hydrogen-bond acceptors (Lipinski definition) is 2. The summed E-state index contributed by atoms with van der Waals surface area (Å²) >= 11 is 7.62. The van der Waals surface area contributed by atoms with Crippen LogP contribution in [0.25, 0.3) is 0 Å². The first-order valence-corrected chi connectivity index (χ1v) is 7.35. The monoisotopic (exact) mass is 271 g/mol. The Labute approximate surface area is 112 Å². The van der Waals surface area contributed by atoms with Gasteiger partial charge in [-0.1, -0.05) is 43.1 Å². The first-order valence-electron chi connectivity index (χ1n) is 5.82. The van der Waals surface area contributed by atoms with Crippen molar-refractivity contribution in [3.63, 3.8) is 0 Å². The number of thioether (sulfide) groups is 1. The summed E-state index contributed by atoms with van der Waals surface area (Å²) in [6.45, 7) is 2.89. The standard InChI is InChI=1S/C13H18ClNOS/c1-2-3-8-15-13(16)10-17-9-11-6-4-5-7-12(11)14/h4-7H,2-3,8-10H2,1H3,(H,15,16). The van der Waals surface area contributed by atoms with Gasteiger partial charge in [0.15, 0.2) is 0 Å². The summed E-state index contributed by atoms with van der Waals surface area (Å²) in [6.07, 6.45) is 2.15. The molecule has 0 spiro atoms. The molecule has 0 fully saturated rings. The van der Waals surface area contributed by atoms with E-state index in [0.29, 0.717) is 5.75 Å². The third-order valence-corrected chi connectivity index (χ3v) is 3.65. The average Bonchev–Trinajstić information content (AvgIpc) is 2.32. The van der Waals surface area contributed by atoms with E-state index in [1.807, 2.05) is 24.3 Å². The van der Waals surface area contributed by atoms with Crippen LogP contribution in [0.5, 0.6) is 0 Å². The van der Waals surface area contributed by atoms with Crippen LogP contribution in [-0.2, 0) is 10.5 Å². The molecule has 0 aliphatic rings. The molecular weight excluding hydrogens is 254 g/mol. The Kier molecular flexibility index (Phi) is 7.13. The molecule has 1 rings (SSSR count). The SMILES string of the molecule is CCCCNC(=O)CSCc1ccccc1Cl. The van der Waals surface area contributed by atoms with Crippen LogP contribution >= 0.6 is 23.4 Å². The van der Waals surface area contributed by atoms with Gasteiger partial charge in [-0.15, -0.1) is 11.8 Å². The highest BCUT2D eigenvalue weighted by atomic mass is 35.5. The second-order valence-electron chi connectivity index (χ2n) is 3.79. The molecule has 0 aliphatic carbocycles. The van der Waals surface area contributed by atoms with E-state index in [-0.39, 0.29) is 5.91 Å². The van der Waals surface area contributed by atoms with Crippen molar-refractivity contribution in [1.82, 2.24) is 5.32 Å². The van der Waals surface area contributed by atoms with Gasteiger partial charge in [-0.05, 0) is 18.1 Å². The van der Waals surface area contributed by atoms with Crippen LogP contribution in [0.4, 0.5) is 0 Å². The van der Waals surface area contributed by atoms with E-state index in [9.17, 15) is 4.79 Å². The van der Waals surface area contributed by atoms with E-state index >= 15 is 0 Å². The number of halogens is 1. The Balaban J connectivity index is 2.19. The molecule has 0 radical (unpaired) electrons. The van der Waals surface area contributed by atoms with Crippen molar-refractivity contribution >= 4 is 29.3 Å². The van der Waals surface area contributed by atoms with Gasteiger partial charge in [0, 0.05) is 17.3 Å². The van der Waals surface area contributed by atoms with E-state index in [0.717, 1.165) is 35.7 Å². The van der Waals surface area contributed by atoms with Crippen molar-refractivity contribution in [2.24, 2.45) is 0 Å². The van der Waals surface area contributed by atoms with Gasteiger partial charge < -0.3 is 5.32 Å². The lowest BCUT2D eigenvalue weighted by molar-refractivity contribution is -0.118. The van der Waals surface area contributed by atoms with Gasteiger partial charge in [-0.2, -0.15) is 0 Å². The molecule has 17 heavy (non-hydrogen) atoms. The zero-order chi connectivity index (χ0) is 12.5. The smallest absolute Gasteiger partial charge is 0.230 e. The van der Waals surface area contributed by atoms with Crippen molar-refractivity contribution < 1.29 is 4.79 Å². The lowest BCUT2D eigenvalue weighted by atomic mass is 10.2. The van der Waals surface area contributed by atoms with Crippen molar-refractivity contribution in [3.8, 4) is 0 Å². The van der Waals surface area contributed by atoms with E-state index in [4.69, 9.17) is 11.6 Å². The third kappa shape index (κ3) is 5.99. The number of nitrogens with one attached hydrogen (secondary N) is 1. The highest BCUT2D eigenvalue weighted by Gasteiger charge is 2.03. The van der Waals surface area contributed by atoms with Crippen LogP contribution in [0.3, 0.4) is 0 Å². The summed E-state index contributed by atoms with van der Waals surface area (Å²) in [5.74, 6) is 1.38. The zero-order valence-corrected chi connectivity index (χ0v) is 11.6. The minimum Gasteiger partial charge on any atom is -0.355 e. The van der Waals surface area contributed by atoms with Crippen LogP contribution in [0.15, 0.2) is 24.3 Å². The number of unbranched alkanes of at least 4 members (excludes halogenated alkanes) is 1. The van der Waals surface area contributed by atoms with Crippen molar-refractivity contribution in [2.45, 2.75) is 25.5 Å². The molecule has 0 heterocycles. The molecule has 0 saturated heterocycles. The number of benzene rings is 1. The Morgan fingerprint density at radius 2 is 2.18 bits per heavy atom. The normalized spacial score (nSPS) is 10.2. The summed E-state index contributed by atoms with van der Waals surface area (Å²) in [5, 5.41) is 3.66. The minimum absolute atomic E-state index is 0.107. The van der Waals surface area contributed by atoms with Crippen LogP contribution in [0.2, 0.25) is 5.02 Å². The Morgan fingerprint density at radius 1 is 1.41 bits per heavy atom. The van der Waals surface area contributed by atoms with E-state index < -0.39 is 0 Å². The van der Waals surface area contributed by atoms with Gasteiger partial charge in [0.1, 0.15) is 0 Å². The largest absolute Gasteiger partial charge is 0.355 e. The molecule has 94 valence electrons. The number of carbonyl (C=O) groups is 1. The second kappa shape index (κ2) is 8.43. The maximum absolute atomic E-state index is 11.4. The molecule has 1 amide bonds. The lowest BCUT2D eigenvalue weighted by Crippen LogP contribution is -2.26. The average molecular weight is 272 g/mol. The van der Waals surface area contributed by atoms with E-state index in [1.54, 1.807) is 11.8 Å². The van der Waals surface area contributed by atoms with Crippen molar-refractivity contribution in [2.75, 3.05) is 12.3 Å². The van der Waals surface area contributed by atoms with E-state index in [2.05, 4.69) is 12.2 Å². The molecule has 0 bridgehead atoms. The molecule has 0 aliphatic heterocycles. The summed E-state index contributed by atoms with van der Waals surface area (Å²) < 4.78 is 0. The van der Waals surface area contributed by atoms with Crippen LogP contribution in [-0.4, -0.2) is 18.2 Å². The summed E-state index contributed by atoms with van der Waals surface area (Å²) in [4.78, 5) is 11.4. The predicted octanol–water partition coefficient (Wildman–Crippen LogP) is 3.49. The molecule has 0 aromatic heterocycles. The second-order valence-corrected chi connectivity index (χ2v) is 5.18. The fourth-order valence-electron chi connectivity index (χ4n) is 1.32. The molecular formula is C13H18ClNOS. The van der Waals surface area contributed by atoms with Gasteiger partial charge in [0.2, 0.25) is 5.91 Å². The van der Waals surface area contributed by atoms with Gasteiger partial charge in [-0.3, -0.25) is 4.79 Å². The first kappa shape index (κ1) is 14.4. The summed E-state index contributed by atoms with van der Waals surface area (Å²) in [6, 6.07) is 7.74. The number of hydrogen-bond donors (Lipinski definition) is 1. The molecule has 1 aromatic carbocycles. The highest BCUT2D eigenvalue weighted by Crippen LogP contribution is 2.20. The zero-order valence-electron chi connectivity index (χ0n) is 10.0. The number of amides is 1. The number of carbonyl (C=O) groups excluding carboxylic acids is 1. The quantitative estimate of drug-likeness (QED) is 0.769. The fraction of sp³-hybridized carbons (Fsp3) is 0.462. The molecule has 0 saturated carbocycles. The summed E-state index contributed by atoms with van der Waals surface area (Å²) in [5.41, 5.74) is 1.08. The van der Waals surface area contributed by atoms with Gasteiger partial charge in [-0.25, -0.2) is 0 Å². The Hall–Kier alpha value is -0.670. The van der Waals surface area contributed by atoms with E-state index in [1.165, 1.54) is 0 Å². The van der Waals surface area contributed by atoms with Gasteiger partial charge >= 0.3 is 0 Å². The molecule has 1 N–H and O–H groups in total. The van der Waals surface area contributed by atoms with Crippen LogP contribution in [0, 0.1) is 0 Å². The molecule has 2 nitrogen and oxygen atoms in total. The minimum atomic E-state index is 0.107. The van der Waals surface area contributed by atoms with Gasteiger partial charge in [0.25, 0.3) is 0 Å². The Morgan fingerprint density at radius 3 is 2.88 bits per heavy atom. The van der Waals surface area contributed by atoms with Gasteiger partial charge in [0.05, 0.1) is 5.75 Å².